The van der Waals surface area contributed by atoms with Crippen LogP contribution in [0.15, 0.2) is 53.7 Å². The van der Waals surface area contributed by atoms with Gasteiger partial charge < -0.3 is 19.3 Å². The smallest absolute Gasteiger partial charge is 0.456 e. The molecule has 0 aliphatic carbocycles. The Labute approximate surface area is 235 Å². The van der Waals surface area contributed by atoms with Gasteiger partial charge in [0.05, 0.1) is 12.3 Å². The lowest BCUT2D eigenvalue weighted by molar-refractivity contribution is 0.0218. The second-order valence-electron chi connectivity index (χ2n) is 9.02. The first kappa shape index (κ1) is 28.8. The van der Waals surface area contributed by atoms with Crippen molar-refractivity contribution in [3.8, 4) is 22.5 Å². The van der Waals surface area contributed by atoms with Crippen molar-refractivity contribution >= 4 is 23.9 Å². The highest BCUT2D eigenvalue weighted by atomic mass is 32.2. The number of rotatable bonds is 11. The van der Waals surface area contributed by atoms with Crippen LogP contribution >= 0.6 is 11.8 Å². The van der Waals surface area contributed by atoms with E-state index in [9.17, 15) is 14.7 Å². The average molecular weight is 567 g/mol. The molecule has 2 aromatic carbocycles. The molecular formula is C27H30N6O6S. The van der Waals surface area contributed by atoms with Gasteiger partial charge >= 0.3 is 12.1 Å². The van der Waals surface area contributed by atoms with Crippen LogP contribution in [0.25, 0.3) is 22.5 Å². The molecule has 0 aliphatic rings. The second-order valence-corrected chi connectivity index (χ2v) is 10.3. The molecule has 40 heavy (non-hydrogen) atoms. The Morgan fingerprint density at radius 3 is 2.38 bits per heavy atom. The Balaban J connectivity index is 1.53. The predicted molar refractivity (Wildman–Crippen MR) is 146 cm³/mol. The van der Waals surface area contributed by atoms with Crippen LogP contribution in [0.3, 0.4) is 0 Å². The first-order valence-electron chi connectivity index (χ1n) is 12.6. The molecule has 0 radical (unpaired) electrons. The van der Waals surface area contributed by atoms with Crippen molar-refractivity contribution in [3.63, 3.8) is 0 Å². The van der Waals surface area contributed by atoms with E-state index >= 15 is 0 Å². The molecule has 0 saturated heterocycles. The van der Waals surface area contributed by atoms with Gasteiger partial charge in [-0.2, -0.15) is 5.21 Å². The second kappa shape index (κ2) is 12.7. The molecule has 210 valence electrons. The number of aromatic amines is 1. The summed E-state index contributed by atoms with van der Waals surface area (Å²) in [5.41, 5.74) is 2.08. The highest BCUT2D eigenvalue weighted by Crippen LogP contribution is 2.32. The number of carbonyl (C=O) groups is 2. The van der Waals surface area contributed by atoms with E-state index in [2.05, 4.69) is 25.6 Å². The van der Waals surface area contributed by atoms with Crippen molar-refractivity contribution in [2.45, 2.75) is 51.8 Å². The molecule has 0 aliphatic heterocycles. The zero-order chi connectivity index (χ0) is 28.7. The van der Waals surface area contributed by atoms with Crippen LogP contribution in [-0.4, -0.2) is 59.8 Å². The third kappa shape index (κ3) is 6.66. The van der Waals surface area contributed by atoms with Crippen molar-refractivity contribution < 1.29 is 28.9 Å². The fourth-order valence-corrected chi connectivity index (χ4v) is 4.75. The van der Waals surface area contributed by atoms with Gasteiger partial charge in [-0.05, 0) is 48.4 Å². The maximum atomic E-state index is 13.2. The predicted octanol–water partition coefficient (Wildman–Crippen LogP) is 4.56. The first-order chi connectivity index (χ1) is 19.2. The lowest BCUT2D eigenvalue weighted by Gasteiger charge is -2.21. The normalized spacial score (nSPS) is 11.3. The molecule has 0 saturated carbocycles. The van der Waals surface area contributed by atoms with Crippen LogP contribution in [0, 0.1) is 0 Å². The summed E-state index contributed by atoms with van der Waals surface area (Å²) in [6.45, 7) is 6.48. The van der Waals surface area contributed by atoms with Crippen molar-refractivity contribution in [2.75, 3.05) is 12.4 Å². The first-order valence-corrected chi connectivity index (χ1v) is 13.6. The van der Waals surface area contributed by atoms with Gasteiger partial charge in [0.2, 0.25) is 5.82 Å². The van der Waals surface area contributed by atoms with Crippen LogP contribution in [0.2, 0.25) is 0 Å². The number of aliphatic hydroxyl groups is 1. The van der Waals surface area contributed by atoms with E-state index in [4.69, 9.17) is 14.2 Å². The molecular weight excluding hydrogens is 536 g/mol. The Hall–Kier alpha value is -4.23. The summed E-state index contributed by atoms with van der Waals surface area (Å²) in [6, 6.07) is 15.3. The topological polar surface area (TPSA) is 154 Å². The summed E-state index contributed by atoms with van der Waals surface area (Å²) in [6.07, 6.45) is -0.863. The summed E-state index contributed by atoms with van der Waals surface area (Å²) >= 11 is 1.34. The largest absolute Gasteiger partial charge is 0.510 e. The molecule has 2 N–H and O–H groups in total. The molecule has 0 spiro atoms. The molecule has 0 unspecified atom stereocenters. The SMILES string of the molecule is CCOC(=O)OCn1c(SCC)nc(C(=O)OCc2ccc(-c3ccccc3-c3nn[nH]n3)cc2)c1C(C)(C)O. The fraction of sp³-hybridized carbons (Fsp3) is 0.333. The average Bonchev–Trinajstić information content (AvgIpc) is 3.60. The third-order valence-corrected chi connectivity index (χ3v) is 6.56. The van der Waals surface area contributed by atoms with Gasteiger partial charge in [0.1, 0.15) is 12.2 Å². The van der Waals surface area contributed by atoms with E-state index in [1.54, 1.807) is 6.92 Å². The summed E-state index contributed by atoms with van der Waals surface area (Å²) in [5, 5.41) is 25.6. The van der Waals surface area contributed by atoms with Gasteiger partial charge in [-0.1, -0.05) is 67.2 Å². The summed E-state index contributed by atoms with van der Waals surface area (Å²) in [4.78, 5) is 29.4. The fourth-order valence-electron chi connectivity index (χ4n) is 4.03. The van der Waals surface area contributed by atoms with Crippen LogP contribution in [-0.2, 0) is 33.1 Å². The number of aromatic nitrogens is 6. The summed E-state index contributed by atoms with van der Waals surface area (Å²) < 4.78 is 17.1. The number of tetrazole rings is 1. The van der Waals surface area contributed by atoms with Gasteiger partial charge in [-0.25, -0.2) is 14.6 Å². The number of esters is 1. The van der Waals surface area contributed by atoms with E-state index in [-0.39, 0.29) is 31.3 Å². The maximum Gasteiger partial charge on any atom is 0.510 e. The molecule has 0 amide bonds. The minimum Gasteiger partial charge on any atom is -0.456 e. The number of benzene rings is 2. The minimum atomic E-state index is -1.49. The summed E-state index contributed by atoms with van der Waals surface area (Å²) in [5.74, 6) is 0.415. The number of hydrogen-bond acceptors (Lipinski definition) is 11. The van der Waals surface area contributed by atoms with Gasteiger partial charge in [-0.3, -0.25) is 4.57 Å². The third-order valence-electron chi connectivity index (χ3n) is 5.70. The Bertz CT molecular complexity index is 1450. The van der Waals surface area contributed by atoms with Crippen LogP contribution in [0.4, 0.5) is 4.79 Å². The lowest BCUT2D eigenvalue weighted by atomic mass is 9.98. The van der Waals surface area contributed by atoms with Crippen LogP contribution < -0.4 is 0 Å². The van der Waals surface area contributed by atoms with E-state index in [0.29, 0.717) is 16.7 Å². The number of nitrogens with zero attached hydrogens (tertiary/aromatic N) is 5. The minimum absolute atomic E-state index is 0.0145. The number of carbonyl (C=O) groups excluding carboxylic acids is 2. The van der Waals surface area contributed by atoms with Crippen molar-refractivity contribution in [1.29, 1.82) is 0 Å². The van der Waals surface area contributed by atoms with Crippen LogP contribution in [0.5, 0.6) is 0 Å². The van der Waals surface area contributed by atoms with E-state index in [0.717, 1.165) is 22.3 Å². The maximum absolute atomic E-state index is 13.2. The number of imidazole rings is 1. The molecule has 0 bridgehead atoms. The van der Waals surface area contributed by atoms with Gasteiger partial charge in [-0.15, -0.1) is 10.2 Å². The highest BCUT2D eigenvalue weighted by molar-refractivity contribution is 7.99. The Morgan fingerprint density at radius 1 is 1.02 bits per heavy atom. The van der Waals surface area contributed by atoms with Gasteiger partial charge in [0.25, 0.3) is 0 Å². The molecule has 4 aromatic rings. The van der Waals surface area contributed by atoms with Crippen molar-refractivity contribution in [2.24, 2.45) is 0 Å². The molecule has 12 nitrogen and oxygen atoms in total. The van der Waals surface area contributed by atoms with E-state index in [1.807, 2.05) is 55.5 Å². The van der Waals surface area contributed by atoms with Crippen molar-refractivity contribution in [1.82, 2.24) is 30.2 Å². The zero-order valence-electron chi connectivity index (χ0n) is 22.6. The summed E-state index contributed by atoms with van der Waals surface area (Å²) in [7, 11) is 0. The zero-order valence-corrected chi connectivity index (χ0v) is 23.4. The molecule has 0 fully saturated rings. The highest BCUT2D eigenvalue weighted by Gasteiger charge is 2.33. The number of hydrogen-bond donors (Lipinski definition) is 2. The van der Waals surface area contributed by atoms with E-state index in [1.165, 1.54) is 30.2 Å². The molecule has 4 rings (SSSR count). The van der Waals surface area contributed by atoms with Crippen LogP contribution in [0.1, 0.15) is 49.4 Å². The molecule has 2 aromatic heterocycles. The van der Waals surface area contributed by atoms with E-state index < -0.39 is 17.7 Å². The molecule has 2 heterocycles. The number of ether oxygens (including phenoxy) is 3. The van der Waals surface area contributed by atoms with Gasteiger partial charge in [0.15, 0.2) is 17.6 Å². The quantitative estimate of drug-likeness (QED) is 0.194. The number of H-pyrrole nitrogens is 1. The molecule has 13 heteroatoms. The number of thioether (sulfide) groups is 1. The monoisotopic (exact) mass is 566 g/mol. The standard InChI is InChI=1S/C27H30N6O6S/c1-5-37-26(35)39-16-33-22(27(3,4)36)21(28-25(33)40-6-2)24(34)38-15-17-11-13-18(14-12-17)19-9-7-8-10-20(19)23-29-31-32-30-23/h7-14,36H,5-6,15-16H2,1-4H3,(H,29,30,31,32). The Morgan fingerprint density at radius 2 is 1.75 bits per heavy atom. The Kier molecular flexibility index (Phi) is 9.17. The molecule has 0 atom stereocenters. The lowest BCUT2D eigenvalue weighted by Crippen LogP contribution is -2.26. The number of nitrogens with one attached hydrogen (secondary N) is 1. The van der Waals surface area contributed by atoms with Crippen molar-refractivity contribution in [3.05, 3.63) is 65.5 Å². The van der Waals surface area contributed by atoms with Gasteiger partial charge in [0, 0.05) is 5.56 Å².